The molecule has 0 saturated heterocycles. The first-order valence-corrected chi connectivity index (χ1v) is 7.94. The fourth-order valence-corrected chi connectivity index (χ4v) is 2.28. The molecule has 0 aliphatic heterocycles. The molecule has 1 aromatic rings. The van der Waals surface area contributed by atoms with E-state index in [0.717, 1.165) is 11.6 Å². The Kier molecular flexibility index (Phi) is 10.8. The molecule has 2 fully saturated rings. The first-order valence-electron chi connectivity index (χ1n) is 7.94. The first-order chi connectivity index (χ1) is 11.7. The minimum absolute atomic E-state index is 0. The number of benzene rings is 1. The molecular weight excluding hydrogens is 354 g/mol. The Hall–Kier alpha value is -1.12. The molecule has 0 aromatic heterocycles. The third-order valence-electron chi connectivity index (χ3n) is 3.51. The van der Waals surface area contributed by atoms with Crippen molar-refractivity contribution >= 4 is 17.3 Å². The molecule has 3 rings (SSSR count). The van der Waals surface area contributed by atoms with Gasteiger partial charge in [0.2, 0.25) is 0 Å². The zero-order valence-electron chi connectivity index (χ0n) is 14.1. The van der Waals surface area contributed by atoms with Crippen LogP contribution in [0.5, 0.6) is 0 Å². The van der Waals surface area contributed by atoms with Gasteiger partial charge in [-0.15, -0.1) is 0 Å². The molecule has 3 nitrogen and oxygen atoms in total. The number of ketones is 2. The van der Waals surface area contributed by atoms with Crippen molar-refractivity contribution in [3.05, 3.63) is 93.5 Å². The Bertz CT molecular complexity index is 527. The first kappa shape index (κ1) is 21.9. The molecular formula is C21H21FeNO2+2. The smallest absolute Gasteiger partial charge is 0.384 e. The van der Waals surface area contributed by atoms with E-state index in [4.69, 9.17) is 0 Å². The van der Waals surface area contributed by atoms with Crippen LogP contribution in [0.15, 0.2) is 24.3 Å². The fraction of sp³-hybridized carbons (Fsp3) is 0.143. The van der Waals surface area contributed by atoms with Gasteiger partial charge in [-0.3, -0.25) is 9.59 Å². The SMILES string of the molecule is CC(=O)c1ccccc1NCCC(=O)[C]1[CH][CH][CH][CH]1.[CH]1[CH][CH][CH][CH]1.[Fe+2]. The van der Waals surface area contributed by atoms with Crippen molar-refractivity contribution in [2.45, 2.75) is 13.3 Å². The molecule has 2 aliphatic carbocycles. The summed E-state index contributed by atoms with van der Waals surface area (Å²) in [7, 11) is 0. The van der Waals surface area contributed by atoms with Crippen molar-refractivity contribution in [1.29, 1.82) is 0 Å². The van der Waals surface area contributed by atoms with E-state index in [1.54, 1.807) is 6.07 Å². The van der Waals surface area contributed by atoms with E-state index < -0.39 is 0 Å². The molecule has 0 unspecified atom stereocenters. The maximum Gasteiger partial charge on any atom is 2.00 e. The molecule has 25 heavy (non-hydrogen) atoms. The number of hydrogen-bond donors (Lipinski definition) is 1. The fourth-order valence-electron chi connectivity index (χ4n) is 2.28. The molecule has 0 amide bonds. The average molecular weight is 375 g/mol. The second-order valence-electron chi connectivity index (χ2n) is 5.34. The molecule has 0 heterocycles. The zero-order valence-corrected chi connectivity index (χ0v) is 15.2. The molecule has 4 heteroatoms. The van der Waals surface area contributed by atoms with Gasteiger partial charge < -0.3 is 5.32 Å². The molecule has 128 valence electrons. The predicted octanol–water partition coefficient (Wildman–Crippen LogP) is 3.68. The number of Topliss-reactive ketones (excluding diaryl/α,β-unsaturated/α-hetero) is 2. The van der Waals surface area contributed by atoms with E-state index in [0.29, 0.717) is 18.5 Å². The number of hydrogen-bond acceptors (Lipinski definition) is 3. The van der Waals surface area contributed by atoms with Gasteiger partial charge in [0, 0.05) is 30.1 Å². The van der Waals surface area contributed by atoms with Crippen LogP contribution in [0, 0.1) is 63.7 Å². The van der Waals surface area contributed by atoms with Crippen molar-refractivity contribution in [3.8, 4) is 0 Å². The Morgan fingerprint density at radius 1 is 0.880 bits per heavy atom. The Morgan fingerprint density at radius 2 is 1.44 bits per heavy atom. The molecule has 0 spiro atoms. The number of anilines is 1. The van der Waals surface area contributed by atoms with Crippen LogP contribution in [-0.4, -0.2) is 18.1 Å². The third kappa shape index (κ3) is 7.75. The monoisotopic (exact) mass is 375 g/mol. The normalized spacial score (nSPS) is 16.5. The summed E-state index contributed by atoms with van der Waals surface area (Å²) in [6.45, 7) is 2.06. The van der Waals surface area contributed by atoms with Crippen LogP contribution in [0.2, 0.25) is 0 Å². The maximum atomic E-state index is 11.8. The van der Waals surface area contributed by atoms with E-state index in [-0.39, 0.29) is 28.6 Å². The number of carbonyl (C=O) groups is 2. The molecule has 2 saturated carbocycles. The quantitative estimate of drug-likeness (QED) is 0.610. The maximum absolute atomic E-state index is 11.8. The van der Waals surface area contributed by atoms with E-state index in [1.165, 1.54) is 6.92 Å². The van der Waals surface area contributed by atoms with Gasteiger partial charge in [0.25, 0.3) is 0 Å². The minimum Gasteiger partial charge on any atom is -0.384 e. The van der Waals surface area contributed by atoms with Gasteiger partial charge in [-0.1, -0.05) is 12.1 Å². The number of rotatable bonds is 6. The summed E-state index contributed by atoms with van der Waals surface area (Å²) in [5.41, 5.74) is 1.44. The number of para-hydroxylation sites is 1. The van der Waals surface area contributed by atoms with Crippen molar-refractivity contribution in [3.63, 3.8) is 0 Å². The summed E-state index contributed by atoms with van der Waals surface area (Å²) in [4.78, 5) is 23.3. The molecule has 1 aromatic carbocycles. The van der Waals surface area contributed by atoms with Crippen molar-refractivity contribution in [2.24, 2.45) is 0 Å². The molecule has 1 N–H and O–H groups in total. The van der Waals surface area contributed by atoms with E-state index in [1.807, 2.05) is 76.0 Å². The van der Waals surface area contributed by atoms with Crippen LogP contribution in [0.4, 0.5) is 5.69 Å². The van der Waals surface area contributed by atoms with Gasteiger partial charge >= 0.3 is 17.1 Å². The van der Waals surface area contributed by atoms with Crippen LogP contribution in [0.25, 0.3) is 0 Å². The summed E-state index contributed by atoms with van der Waals surface area (Å²) >= 11 is 0. The summed E-state index contributed by atoms with van der Waals surface area (Å²) < 4.78 is 0. The Balaban J connectivity index is 0.000000448. The van der Waals surface area contributed by atoms with Gasteiger partial charge in [0.05, 0.1) is 0 Å². The zero-order chi connectivity index (χ0) is 17.2. The van der Waals surface area contributed by atoms with Crippen LogP contribution < -0.4 is 5.32 Å². The van der Waals surface area contributed by atoms with E-state index in [9.17, 15) is 9.59 Å². The van der Waals surface area contributed by atoms with Gasteiger partial charge in [0.1, 0.15) is 5.78 Å². The van der Waals surface area contributed by atoms with Crippen LogP contribution in [-0.2, 0) is 21.9 Å². The number of nitrogens with one attached hydrogen (secondary N) is 1. The summed E-state index contributed by atoms with van der Waals surface area (Å²) in [5.74, 6) is 0.866. The molecule has 2 aliphatic rings. The Labute approximate surface area is 162 Å². The van der Waals surface area contributed by atoms with Crippen LogP contribution in [0.3, 0.4) is 0 Å². The molecule has 0 atom stereocenters. The van der Waals surface area contributed by atoms with Crippen molar-refractivity contribution in [1.82, 2.24) is 0 Å². The molecule has 0 bridgehead atoms. The summed E-state index contributed by atoms with van der Waals surface area (Å²) in [6, 6.07) is 7.33. The van der Waals surface area contributed by atoms with Gasteiger partial charge in [-0.05, 0) is 76.8 Å². The minimum atomic E-state index is 0. The van der Waals surface area contributed by atoms with Gasteiger partial charge in [-0.25, -0.2) is 0 Å². The predicted molar refractivity (Wildman–Crippen MR) is 96.5 cm³/mol. The Morgan fingerprint density at radius 3 is 2.00 bits per heavy atom. The summed E-state index contributed by atoms with van der Waals surface area (Å²) in [5, 5.41) is 3.15. The standard InChI is InChI=1S/C16H16NO2.C5H5.Fe/c1-12(18)14-8-4-5-9-15(14)17-11-10-16(19)13-6-2-3-7-13;1-2-4-5-3-1;/h2-9,17H,10-11H2,1H3;1-5H;/q;;+2. The average Bonchev–Trinajstić information content (AvgIpc) is 3.31. The topological polar surface area (TPSA) is 46.2 Å². The number of carbonyl (C=O) groups excluding carboxylic acids is 2. The van der Waals surface area contributed by atoms with Gasteiger partial charge in [-0.2, -0.15) is 0 Å². The van der Waals surface area contributed by atoms with Crippen LogP contribution >= 0.6 is 0 Å². The molecule has 10 radical (unpaired) electrons. The van der Waals surface area contributed by atoms with Crippen molar-refractivity contribution in [2.75, 3.05) is 11.9 Å². The van der Waals surface area contributed by atoms with Crippen LogP contribution in [0.1, 0.15) is 23.7 Å². The van der Waals surface area contributed by atoms with Crippen molar-refractivity contribution < 1.29 is 26.7 Å². The van der Waals surface area contributed by atoms with Gasteiger partial charge in [0.15, 0.2) is 5.78 Å². The summed E-state index contributed by atoms with van der Waals surface area (Å²) in [6.07, 6.45) is 17.7. The third-order valence-corrected chi connectivity index (χ3v) is 3.51. The van der Waals surface area contributed by atoms with E-state index >= 15 is 0 Å². The second-order valence-corrected chi connectivity index (χ2v) is 5.34. The largest absolute Gasteiger partial charge is 2.00 e. The van der Waals surface area contributed by atoms with E-state index in [2.05, 4.69) is 5.32 Å². The second kappa shape index (κ2) is 12.3.